The summed E-state index contributed by atoms with van der Waals surface area (Å²) >= 11 is 0. The highest BCUT2D eigenvalue weighted by atomic mass is 16.6. The predicted molar refractivity (Wildman–Crippen MR) is 279 cm³/mol. The summed E-state index contributed by atoms with van der Waals surface area (Å²) in [6, 6.07) is 0. The van der Waals surface area contributed by atoms with Crippen molar-refractivity contribution in [1.82, 2.24) is 0 Å². The molecule has 0 bridgehead atoms. The van der Waals surface area contributed by atoms with Gasteiger partial charge < -0.3 is 14.2 Å². The topological polar surface area (TPSA) is 61.8 Å². The Hall–Kier alpha value is -3.18. The fourth-order valence-electron chi connectivity index (χ4n) is 7.14. The van der Waals surface area contributed by atoms with Gasteiger partial charge in [-0.1, -0.05) is 221 Å². The maximum absolute atomic E-state index is 12.8. The third kappa shape index (κ3) is 51.5. The maximum atomic E-state index is 12.8. The van der Waals surface area contributed by atoms with E-state index in [1.807, 2.05) is 12.2 Å². The molecular weight excluding hydrogens is 789 g/mol. The van der Waals surface area contributed by atoms with Crippen molar-refractivity contribution >= 4 is 11.9 Å². The SMILES string of the molecule is CC/C=C\C/C=C\C/C=C\C/C=C\C/C=C\CC(=O)OC(COCCCCCCCC/C=C\CCCCCCCC)COC(=O)CCCCCCCCC/C=C\C/C=C\CCCCC. The number of allylic oxidation sites excluding steroid dienone is 15. The van der Waals surface area contributed by atoms with Gasteiger partial charge in [-0.05, 0) is 103 Å². The molecule has 64 heavy (non-hydrogen) atoms. The molecule has 0 spiro atoms. The molecule has 1 unspecified atom stereocenters. The van der Waals surface area contributed by atoms with Crippen molar-refractivity contribution in [2.45, 2.75) is 245 Å². The van der Waals surface area contributed by atoms with E-state index in [2.05, 4.69) is 106 Å². The Morgan fingerprint density at radius 1 is 0.375 bits per heavy atom. The Balaban J connectivity index is 4.41. The van der Waals surface area contributed by atoms with Gasteiger partial charge in [0.25, 0.3) is 0 Å². The Labute approximate surface area is 396 Å². The van der Waals surface area contributed by atoms with Crippen LogP contribution in [0.25, 0.3) is 0 Å². The molecule has 1 atom stereocenters. The summed E-state index contributed by atoms with van der Waals surface area (Å²) in [5, 5.41) is 0. The lowest BCUT2D eigenvalue weighted by Crippen LogP contribution is -2.29. The molecule has 0 amide bonds. The lowest BCUT2D eigenvalue weighted by atomic mass is 10.1. The molecule has 0 radical (unpaired) electrons. The van der Waals surface area contributed by atoms with Gasteiger partial charge >= 0.3 is 11.9 Å². The summed E-state index contributed by atoms with van der Waals surface area (Å²) in [6.45, 7) is 7.56. The molecule has 0 aromatic heterocycles. The molecule has 0 rings (SSSR count). The van der Waals surface area contributed by atoms with Crippen LogP contribution in [0.1, 0.15) is 239 Å². The minimum atomic E-state index is -0.602. The zero-order valence-corrected chi connectivity index (χ0v) is 42.0. The van der Waals surface area contributed by atoms with Crippen molar-refractivity contribution in [1.29, 1.82) is 0 Å². The van der Waals surface area contributed by atoms with E-state index in [1.54, 1.807) is 0 Å². The third-order valence-electron chi connectivity index (χ3n) is 11.1. The highest BCUT2D eigenvalue weighted by molar-refractivity contribution is 5.71. The lowest BCUT2D eigenvalue weighted by molar-refractivity contribution is -0.162. The summed E-state index contributed by atoms with van der Waals surface area (Å²) in [6.07, 6.45) is 73.0. The first kappa shape index (κ1) is 60.8. The second-order valence-electron chi connectivity index (χ2n) is 17.4. The van der Waals surface area contributed by atoms with E-state index in [0.29, 0.717) is 13.0 Å². The maximum Gasteiger partial charge on any atom is 0.310 e. The van der Waals surface area contributed by atoms with Crippen LogP contribution in [0.3, 0.4) is 0 Å². The minimum Gasteiger partial charge on any atom is -0.462 e. The Morgan fingerprint density at radius 3 is 1.25 bits per heavy atom. The third-order valence-corrected chi connectivity index (χ3v) is 11.1. The zero-order valence-electron chi connectivity index (χ0n) is 42.0. The minimum absolute atomic E-state index is 0.0351. The fourth-order valence-corrected chi connectivity index (χ4v) is 7.14. The Morgan fingerprint density at radius 2 is 0.750 bits per heavy atom. The van der Waals surface area contributed by atoms with Gasteiger partial charge in [0.15, 0.2) is 6.10 Å². The predicted octanol–water partition coefficient (Wildman–Crippen LogP) is 18.2. The molecule has 0 fully saturated rings. The van der Waals surface area contributed by atoms with Crippen LogP contribution in [0, 0.1) is 0 Å². The van der Waals surface area contributed by atoms with Crippen LogP contribution in [-0.4, -0.2) is 37.9 Å². The Kier molecular flexibility index (Phi) is 51.5. The summed E-state index contributed by atoms with van der Waals surface area (Å²) in [5.74, 6) is -0.556. The molecule has 5 heteroatoms. The molecule has 0 N–H and O–H groups in total. The largest absolute Gasteiger partial charge is 0.462 e. The van der Waals surface area contributed by atoms with Gasteiger partial charge in [-0.3, -0.25) is 9.59 Å². The van der Waals surface area contributed by atoms with Gasteiger partial charge in [0.05, 0.1) is 13.0 Å². The lowest BCUT2D eigenvalue weighted by Gasteiger charge is -2.18. The highest BCUT2D eigenvalue weighted by Gasteiger charge is 2.17. The normalized spacial score (nSPS) is 13.0. The number of ether oxygens (including phenoxy) is 3. The van der Waals surface area contributed by atoms with Crippen molar-refractivity contribution in [3.05, 3.63) is 97.2 Å². The van der Waals surface area contributed by atoms with Crippen LogP contribution >= 0.6 is 0 Å². The number of rotatable bonds is 48. The van der Waals surface area contributed by atoms with Crippen LogP contribution in [0.4, 0.5) is 0 Å². The van der Waals surface area contributed by atoms with Crippen LogP contribution < -0.4 is 0 Å². The summed E-state index contributed by atoms with van der Waals surface area (Å²) in [4.78, 5) is 25.4. The highest BCUT2D eigenvalue weighted by Crippen LogP contribution is 2.13. The van der Waals surface area contributed by atoms with E-state index >= 15 is 0 Å². The van der Waals surface area contributed by atoms with Crippen molar-refractivity contribution < 1.29 is 23.8 Å². The van der Waals surface area contributed by atoms with Gasteiger partial charge in [-0.2, -0.15) is 0 Å². The summed E-state index contributed by atoms with van der Waals surface area (Å²) in [5.41, 5.74) is 0. The van der Waals surface area contributed by atoms with Crippen molar-refractivity contribution in [3.63, 3.8) is 0 Å². The van der Waals surface area contributed by atoms with Crippen molar-refractivity contribution in [2.75, 3.05) is 19.8 Å². The van der Waals surface area contributed by atoms with Crippen LogP contribution in [-0.2, 0) is 23.8 Å². The molecule has 0 aliphatic rings. The smallest absolute Gasteiger partial charge is 0.310 e. The number of carbonyl (C=O) groups excluding carboxylic acids is 2. The quantitative estimate of drug-likeness (QED) is 0.0346. The van der Waals surface area contributed by atoms with Gasteiger partial charge in [0.1, 0.15) is 6.61 Å². The summed E-state index contributed by atoms with van der Waals surface area (Å²) < 4.78 is 17.3. The first-order valence-corrected chi connectivity index (χ1v) is 26.8. The molecule has 5 nitrogen and oxygen atoms in total. The second kappa shape index (κ2) is 54.2. The molecular formula is C59H100O5. The van der Waals surface area contributed by atoms with Crippen LogP contribution in [0.15, 0.2) is 97.2 Å². The van der Waals surface area contributed by atoms with Crippen molar-refractivity contribution in [2.24, 2.45) is 0 Å². The number of unbranched alkanes of at least 4 members (excludes halogenated alkanes) is 22. The van der Waals surface area contributed by atoms with E-state index < -0.39 is 6.10 Å². The fraction of sp³-hybridized carbons (Fsp3) is 0.695. The average molecular weight is 889 g/mol. The van der Waals surface area contributed by atoms with E-state index in [0.717, 1.165) is 77.0 Å². The van der Waals surface area contributed by atoms with Crippen LogP contribution in [0.2, 0.25) is 0 Å². The molecule has 0 aliphatic heterocycles. The number of hydrogen-bond acceptors (Lipinski definition) is 5. The van der Waals surface area contributed by atoms with E-state index in [-0.39, 0.29) is 31.6 Å². The molecule has 0 aromatic carbocycles. The van der Waals surface area contributed by atoms with Gasteiger partial charge in [-0.15, -0.1) is 0 Å². The molecule has 366 valence electrons. The van der Waals surface area contributed by atoms with E-state index in [4.69, 9.17) is 14.2 Å². The van der Waals surface area contributed by atoms with E-state index in [1.165, 1.54) is 128 Å². The van der Waals surface area contributed by atoms with E-state index in [9.17, 15) is 9.59 Å². The van der Waals surface area contributed by atoms with Crippen LogP contribution in [0.5, 0.6) is 0 Å². The zero-order chi connectivity index (χ0) is 46.3. The molecule has 0 saturated carbocycles. The average Bonchev–Trinajstić information content (AvgIpc) is 3.30. The van der Waals surface area contributed by atoms with Gasteiger partial charge in [-0.25, -0.2) is 0 Å². The first-order valence-electron chi connectivity index (χ1n) is 26.8. The molecule has 0 heterocycles. The number of esters is 2. The van der Waals surface area contributed by atoms with Gasteiger partial charge in [0.2, 0.25) is 0 Å². The second-order valence-corrected chi connectivity index (χ2v) is 17.4. The molecule has 0 aromatic rings. The van der Waals surface area contributed by atoms with Gasteiger partial charge in [0, 0.05) is 13.0 Å². The number of hydrogen-bond donors (Lipinski definition) is 0. The molecule has 0 saturated heterocycles. The Bertz CT molecular complexity index is 1230. The number of carbonyl (C=O) groups is 2. The van der Waals surface area contributed by atoms with Crippen molar-refractivity contribution in [3.8, 4) is 0 Å². The standard InChI is InChI=1S/C59H100O5/c1-4-7-10-13-16-19-22-25-28-30-32-34-37-40-43-46-49-52-58(60)63-56-57(55-62-54-51-48-45-42-39-36-33-29-26-23-20-17-14-11-8-5-2)64-59(61)53-50-47-44-41-38-35-31-27-24-21-18-15-12-9-6-3/h9,12,16,18-19,21,25-29,31,38,41,47,50,57H,4-8,10-11,13-15,17,20,22-24,30,32-37,39-40,42-46,48-49,51-56H2,1-3H3/b12-9-,19-16-,21-18-,28-25-,29-26-,31-27-,41-38-,50-47-. The molecule has 0 aliphatic carbocycles. The monoisotopic (exact) mass is 889 g/mol. The first-order chi connectivity index (χ1) is 31.6. The summed E-state index contributed by atoms with van der Waals surface area (Å²) in [7, 11) is 0.